The minimum Gasteiger partial charge on any atom is -0.492 e. The van der Waals surface area contributed by atoms with Gasteiger partial charge >= 0.3 is 5.97 Å². The fourth-order valence-corrected chi connectivity index (χ4v) is 2.61. The first-order valence-corrected chi connectivity index (χ1v) is 8.97. The van der Waals surface area contributed by atoms with Crippen molar-refractivity contribution >= 4 is 23.5 Å². The number of furan rings is 1. The highest BCUT2D eigenvalue weighted by molar-refractivity contribution is 6.33. The number of amides is 1. The Hall–Kier alpha value is -3.25. The van der Waals surface area contributed by atoms with E-state index in [4.69, 9.17) is 25.5 Å². The van der Waals surface area contributed by atoms with Gasteiger partial charge in [-0.2, -0.15) is 0 Å². The molecule has 0 saturated heterocycles. The van der Waals surface area contributed by atoms with Crippen LogP contribution in [0.5, 0.6) is 5.75 Å². The predicted octanol–water partition coefficient (Wildman–Crippen LogP) is 3.95. The van der Waals surface area contributed by atoms with Gasteiger partial charge in [0.1, 0.15) is 18.1 Å². The zero-order valence-corrected chi connectivity index (χ0v) is 15.6. The largest absolute Gasteiger partial charge is 0.492 e. The highest BCUT2D eigenvalue weighted by atomic mass is 35.5. The number of hydrogen-bond acceptors (Lipinski definition) is 5. The molecule has 144 valence electrons. The number of rotatable bonds is 8. The van der Waals surface area contributed by atoms with Crippen molar-refractivity contribution in [1.29, 1.82) is 0 Å². The van der Waals surface area contributed by atoms with Gasteiger partial charge in [0.2, 0.25) is 5.76 Å². The number of nitrogens with one attached hydrogen (secondary N) is 1. The van der Waals surface area contributed by atoms with Crippen LogP contribution in [0.4, 0.5) is 0 Å². The van der Waals surface area contributed by atoms with Gasteiger partial charge in [0.25, 0.3) is 5.91 Å². The number of halogens is 1. The summed E-state index contributed by atoms with van der Waals surface area (Å²) in [6, 6.07) is 19.5. The molecule has 6 nitrogen and oxygen atoms in total. The second kappa shape index (κ2) is 9.62. The summed E-state index contributed by atoms with van der Waals surface area (Å²) < 4.78 is 15.9. The molecule has 3 aromatic rings. The van der Waals surface area contributed by atoms with Crippen molar-refractivity contribution in [2.75, 3.05) is 19.8 Å². The molecule has 1 heterocycles. The molecule has 0 fully saturated rings. The normalized spacial score (nSPS) is 10.3. The number of esters is 1. The van der Waals surface area contributed by atoms with Crippen LogP contribution >= 0.6 is 11.6 Å². The van der Waals surface area contributed by atoms with E-state index in [1.54, 1.807) is 24.3 Å². The first-order chi connectivity index (χ1) is 13.6. The first kappa shape index (κ1) is 19.5. The number of para-hydroxylation sites is 1. The third kappa shape index (κ3) is 5.37. The van der Waals surface area contributed by atoms with Crippen LogP contribution in [0, 0.1) is 0 Å². The van der Waals surface area contributed by atoms with E-state index in [-0.39, 0.29) is 5.76 Å². The number of ether oxygens (including phenoxy) is 2. The van der Waals surface area contributed by atoms with Crippen LogP contribution in [-0.2, 0) is 9.53 Å². The summed E-state index contributed by atoms with van der Waals surface area (Å²) in [5.41, 5.74) is 0.666. The molecule has 0 aliphatic carbocycles. The van der Waals surface area contributed by atoms with Crippen LogP contribution < -0.4 is 10.1 Å². The average Bonchev–Trinajstić information content (AvgIpc) is 3.20. The number of carbonyl (C=O) groups excluding carboxylic acids is 2. The van der Waals surface area contributed by atoms with Gasteiger partial charge in [-0.05, 0) is 36.4 Å². The summed E-state index contributed by atoms with van der Waals surface area (Å²) in [7, 11) is 0. The average molecular weight is 400 g/mol. The second-order valence-corrected chi connectivity index (χ2v) is 6.14. The minimum atomic E-state index is -0.728. The van der Waals surface area contributed by atoms with Crippen LogP contribution in [0.1, 0.15) is 10.6 Å². The van der Waals surface area contributed by atoms with E-state index >= 15 is 0 Å². The maximum absolute atomic E-state index is 12.0. The van der Waals surface area contributed by atoms with Crippen LogP contribution in [0.3, 0.4) is 0 Å². The highest BCUT2D eigenvalue weighted by Gasteiger charge is 2.16. The second-order valence-electron chi connectivity index (χ2n) is 5.73. The maximum Gasteiger partial charge on any atom is 0.374 e. The maximum atomic E-state index is 12.0. The Morgan fingerprint density at radius 3 is 2.50 bits per heavy atom. The highest BCUT2D eigenvalue weighted by Crippen LogP contribution is 2.29. The molecule has 1 N–H and O–H groups in total. The number of carbonyl (C=O) groups is 2. The first-order valence-electron chi connectivity index (χ1n) is 8.60. The summed E-state index contributed by atoms with van der Waals surface area (Å²) >= 11 is 6.11. The standard InChI is InChI=1S/C21H18ClNO5/c22-17-9-5-4-8-16(17)18-10-11-19(28-18)21(25)27-14-20(24)23-12-13-26-15-6-2-1-3-7-15/h1-11H,12-14H2,(H,23,24). The van der Waals surface area contributed by atoms with Gasteiger partial charge in [-0.25, -0.2) is 4.79 Å². The van der Waals surface area contributed by atoms with Gasteiger partial charge in [-0.3, -0.25) is 4.79 Å². The monoisotopic (exact) mass is 399 g/mol. The molecule has 1 amide bonds. The Bertz CT molecular complexity index is 939. The van der Waals surface area contributed by atoms with Crippen LogP contribution in [0.15, 0.2) is 71.1 Å². The molecule has 0 radical (unpaired) electrons. The summed E-state index contributed by atoms with van der Waals surface area (Å²) in [5, 5.41) is 3.12. The molecule has 7 heteroatoms. The van der Waals surface area contributed by atoms with Gasteiger partial charge in [-0.1, -0.05) is 41.9 Å². The van der Waals surface area contributed by atoms with Gasteiger partial charge in [0, 0.05) is 5.56 Å². The fraction of sp³-hybridized carbons (Fsp3) is 0.143. The number of benzene rings is 2. The van der Waals surface area contributed by atoms with Gasteiger partial charge in [0.05, 0.1) is 11.6 Å². The molecule has 0 atom stereocenters. The van der Waals surface area contributed by atoms with Crippen molar-refractivity contribution in [3.63, 3.8) is 0 Å². The molecule has 0 unspecified atom stereocenters. The zero-order chi connectivity index (χ0) is 19.8. The summed E-state index contributed by atoms with van der Waals surface area (Å²) in [6.07, 6.45) is 0. The molecule has 0 saturated carbocycles. The van der Waals surface area contributed by atoms with Gasteiger partial charge in [0.15, 0.2) is 6.61 Å². The molecule has 1 aromatic heterocycles. The van der Waals surface area contributed by atoms with E-state index in [0.29, 0.717) is 29.5 Å². The Kier molecular flexibility index (Phi) is 6.70. The fourth-order valence-electron chi connectivity index (χ4n) is 2.38. The van der Waals surface area contributed by atoms with Crippen molar-refractivity contribution in [3.8, 4) is 17.1 Å². The van der Waals surface area contributed by atoms with E-state index < -0.39 is 18.5 Å². The molecule has 28 heavy (non-hydrogen) atoms. The molecule has 0 spiro atoms. The third-order valence-electron chi connectivity index (χ3n) is 3.72. The Morgan fingerprint density at radius 2 is 1.71 bits per heavy atom. The SMILES string of the molecule is O=C(COC(=O)c1ccc(-c2ccccc2Cl)o1)NCCOc1ccccc1. The lowest BCUT2D eigenvalue weighted by atomic mass is 10.2. The zero-order valence-electron chi connectivity index (χ0n) is 14.9. The Labute approximate surface area is 167 Å². The van der Waals surface area contributed by atoms with E-state index in [1.807, 2.05) is 36.4 Å². The van der Waals surface area contributed by atoms with Gasteiger partial charge in [-0.15, -0.1) is 0 Å². The van der Waals surface area contributed by atoms with E-state index in [2.05, 4.69) is 5.32 Å². The van der Waals surface area contributed by atoms with Gasteiger partial charge < -0.3 is 19.2 Å². The van der Waals surface area contributed by atoms with E-state index in [0.717, 1.165) is 5.75 Å². The molecular formula is C21H18ClNO5. The van der Waals surface area contributed by atoms with Crippen molar-refractivity contribution in [3.05, 3.63) is 77.5 Å². The Balaban J connectivity index is 1.41. The Morgan fingerprint density at radius 1 is 0.964 bits per heavy atom. The predicted molar refractivity (Wildman–Crippen MR) is 104 cm³/mol. The van der Waals surface area contributed by atoms with Crippen molar-refractivity contribution in [1.82, 2.24) is 5.32 Å². The molecule has 0 bridgehead atoms. The van der Waals surface area contributed by atoms with Crippen LogP contribution in [-0.4, -0.2) is 31.6 Å². The van der Waals surface area contributed by atoms with Crippen molar-refractivity contribution < 1.29 is 23.5 Å². The molecule has 2 aromatic carbocycles. The van der Waals surface area contributed by atoms with Crippen molar-refractivity contribution in [2.24, 2.45) is 0 Å². The van der Waals surface area contributed by atoms with Crippen molar-refractivity contribution in [2.45, 2.75) is 0 Å². The summed E-state index contributed by atoms with van der Waals surface area (Å²) in [5.74, 6) is 0.00222. The molecule has 0 aliphatic rings. The van der Waals surface area contributed by atoms with E-state index in [9.17, 15) is 9.59 Å². The quantitative estimate of drug-likeness (QED) is 0.458. The van der Waals surface area contributed by atoms with Crippen LogP contribution in [0.25, 0.3) is 11.3 Å². The van der Waals surface area contributed by atoms with E-state index in [1.165, 1.54) is 6.07 Å². The smallest absolute Gasteiger partial charge is 0.374 e. The molecule has 3 rings (SSSR count). The molecule has 0 aliphatic heterocycles. The lowest BCUT2D eigenvalue weighted by Crippen LogP contribution is -2.32. The summed E-state index contributed by atoms with van der Waals surface area (Å²) in [6.45, 7) is 0.193. The topological polar surface area (TPSA) is 77.8 Å². The summed E-state index contributed by atoms with van der Waals surface area (Å²) in [4.78, 5) is 23.8. The molecular weight excluding hydrogens is 382 g/mol. The minimum absolute atomic E-state index is 0.00451. The van der Waals surface area contributed by atoms with Crippen LogP contribution in [0.2, 0.25) is 5.02 Å². The number of hydrogen-bond donors (Lipinski definition) is 1. The lowest BCUT2D eigenvalue weighted by Gasteiger charge is -2.07. The third-order valence-corrected chi connectivity index (χ3v) is 4.05. The lowest BCUT2D eigenvalue weighted by molar-refractivity contribution is -0.124.